The van der Waals surface area contributed by atoms with Crippen LogP contribution in [-0.2, 0) is 5.60 Å². The van der Waals surface area contributed by atoms with E-state index in [1.54, 1.807) is 0 Å². The molecule has 2 unspecified atom stereocenters. The van der Waals surface area contributed by atoms with Gasteiger partial charge in [0.2, 0.25) is 0 Å². The molecule has 4 heteroatoms. The molecule has 2 rings (SSSR count). The van der Waals surface area contributed by atoms with Crippen molar-refractivity contribution < 1.29 is 13.9 Å². The van der Waals surface area contributed by atoms with Crippen LogP contribution in [0.5, 0.6) is 0 Å². The molecule has 0 aromatic heterocycles. The summed E-state index contributed by atoms with van der Waals surface area (Å²) < 4.78 is 27.9. The maximum absolute atomic E-state index is 14.0. The van der Waals surface area contributed by atoms with Crippen molar-refractivity contribution in [2.75, 3.05) is 0 Å². The summed E-state index contributed by atoms with van der Waals surface area (Å²) in [5.41, 5.74) is -1.55. The van der Waals surface area contributed by atoms with Crippen LogP contribution < -0.4 is 0 Å². The fourth-order valence-electron chi connectivity index (χ4n) is 2.70. The van der Waals surface area contributed by atoms with Crippen molar-refractivity contribution in [1.29, 1.82) is 0 Å². The highest BCUT2D eigenvalue weighted by atomic mass is 79.9. The summed E-state index contributed by atoms with van der Waals surface area (Å²) in [6, 6.07) is 2.52. The Hall–Kier alpha value is -0.480. The van der Waals surface area contributed by atoms with E-state index >= 15 is 0 Å². The highest BCUT2D eigenvalue weighted by Gasteiger charge is 2.39. The normalized spacial score (nSPS) is 29.4. The second-order valence-electron chi connectivity index (χ2n) is 4.95. The van der Waals surface area contributed by atoms with Crippen LogP contribution in [0.2, 0.25) is 0 Å². The largest absolute Gasteiger partial charge is 0.385 e. The number of halogens is 3. The van der Waals surface area contributed by atoms with Crippen LogP contribution in [-0.4, -0.2) is 5.11 Å². The van der Waals surface area contributed by atoms with Crippen LogP contribution in [0.1, 0.15) is 38.2 Å². The van der Waals surface area contributed by atoms with Crippen LogP contribution in [0.25, 0.3) is 0 Å². The van der Waals surface area contributed by atoms with E-state index in [9.17, 15) is 13.9 Å². The molecule has 1 aliphatic carbocycles. The van der Waals surface area contributed by atoms with Crippen LogP contribution in [0, 0.1) is 17.6 Å². The topological polar surface area (TPSA) is 20.2 Å². The Labute approximate surface area is 108 Å². The van der Waals surface area contributed by atoms with Gasteiger partial charge in [0, 0.05) is 0 Å². The molecule has 1 aliphatic rings. The predicted octanol–water partition coefficient (Wildman–Crippen LogP) is 4.13. The summed E-state index contributed by atoms with van der Waals surface area (Å²) in [6.45, 7) is 2.00. The van der Waals surface area contributed by atoms with Gasteiger partial charge in [-0.05, 0) is 53.2 Å². The number of hydrogen-bond acceptors (Lipinski definition) is 1. The summed E-state index contributed by atoms with van der Waals surface area (Å²) >= 11 is 3.03. The molecule has 0 bridgehead atoms. The molecule has 1 nitrogen and oxygen atoms in total. The van der Waals surface area contributed by atoms with E-state index in [0.29, 0.717) is 12.8 Å². The zero-order chi connectivity index (χ0) is 12.6. The summed E-state index contributed by atoms with van der Waals surface area (Å²) in [6.07, 6.45) is 2.63. The van der Waals surface area contributed by atoms with Crippen molar-refractivity contribution in [3.8, 4) is 0 Å². The molecule has 0 saturated heterocycles. The first-order valence-electron chi connectivity index (χ1n) is 5.80. The van der Waals surface area contributed by atoms with Gasteiger partial charge in [-0.2, -0.15) is 0 Å². The molecule has 0 amide bonds. The second-order valence-corrected chi connectivity index (χ2v) is 5.81. The molecule has 2 atom stereocenters. The van der Waals surface area contributed by atoms with Crippen molar-refractivity contribution in [3.63, 3.8) is 0 Å². The van der Waals surface area contributed by atoms with Crippen molar-refractivity contribution in [2.24, 2.45) is 5.92 Å². The Kier molecular flexibility index (Phi) is 3.55. The monoisotopic (exact) mass is 304 g/mol. The number of rotatable bonds is 1. The lowest BCUT2D eigenvalue weighted by atomic mass is 9.75. The lowest BCUT2D eigenvalue weighted by molar-refractivity contribution is -0.0238. The summed E-state index contributed by atoms with van der Waals surface area (Å²) in [5.74, 6) is -1.06. The molecule has 1 fully saturated rings. The molecule has 0 spiro atoms. The summed E-state index contributed by atoms with van der Waals surface area (Å²) in [7, 11) is 0. The van der Waals surface area contributed by atoms with E-state index in [2.05, 4.69) is 15.9 Å². The lowest BCUT2D eigenvalue weighted by Gasteiger charge is -2.36. The van der Waals surface area contributed by atoms with Gasteiger partial charge in [0.1, 0.15) is 11.6 Å². The number of aliphatic hydroxyl groups is 1. The number of hydrogen-bond donors (Lipinski definition) is 1. The Morgan fingerprint density at radius 2 is 2.12 bits per heavy atom. The van der Waals surface area contributed by atoms with Gasteiger partial charge in [-0.15, -0.1) is 0 Å². The zero-order valence-corrected chi connectivity index (χ0v) is 11.2. The molecular weight excluding hydrogens is 290 g/mol. The van der Waals surface area contributed by atoms with Gasteiger partial charge < -0.3 is 5.11 Å². The number of benzene rings is 1. The Morgan fingerprint density at radius 1 is 1.41 bits per heavy atom. The van der Waals surface area contributed by atoms with E-state index in [-0.39, 0.29) is 16.0 Å². The van der Waals surface area contributed by atoms with Crippen LogP contribution in [0.3, 0.4) is 0 Å². The highest BCUT2D eigenvalue weighted by Crippen LogP contribution is 2.42. The standard InChI is InChI=1S/C13H15BrF2O/c1-8-3-2-6-13(17,7-8)11-10(15)5-4-9(14)12(11)16/h4-5,8,17H,2-3,6-7H2,1H3. The average molecular weight is 305 g/mol. The molecule has 0 aliphatic heterocycles. The summed E-state index contributed by atoms with van der Waals surface area (Å²) in [4.78, 5) is 0. The minimum atomic E-state index is -1.37. The third kappa shape index (κ3) is 2.38. The van der Waals surface area contributed by atoms with Gasteiger partial charge in [-0.25, -0.2) is 8.78 Å². The Bertz CT molecular complexity index is 436. The van der Waals surface area contributed by atoms with Gasteiger partial charge in [0.25, 0.3) is 0 Å². The molecule has 0 radical (unpaired) electrons. The van der Waals surface area contributed by atoms with Crippen LogP contribution >= 0.6 is 15.9 Å². The third-order valence-corrected chi connectivity index (χ3v) is 4.10. The minimum absolute atomic E-state index is 0.182. The molecule has 1 aromatic carbocycles. The Balaban J connectivity index is 2.48. The first-order valence-corrected chi connectivity index (χ1v) is 6.60. The molecule has 94 valence electrons. The van der Waals surface area contributed by atoms with E-state index in [1.807, 2.05) is 6.92 Å². The fourth-order valence-corrected chi connectivity index (χ4v) is 3.03. The van der Waals surface area contributed by atoms with Gasteiger partial charge in [0.05, 0.1) is 15.6 Å². The second kappa shape index (κ2) is 4.65. The lowest BCUT2D eigenvalue weighted by Crippen LogP contribution is -2.34. The highest BCUT2D eigenvalue weighted by molar-refractivity contribution is 9.10. The van der Waals surface area contributed by atoms with Gasteiger partial charge in [0.15, 0.2) is 0 Å². The zero-order valence-electron chi connectivity index (χ0n) is 9.64. The Morgan fingerprint density at radius 3 is 2.76 bits per heavy atom. The van der Waals surface area contributed by atoms with Crippen LogP contribution in [0.4, 0.5) is 8.78 Å². The first kappa shape index (κ1) is 13.0. The molecule has 0 heterocycles. The molecule has 1 N–H and O–H groups in total. The molecular formula is C13H15BrF2O. The van der Waals surface area contributed by atoms with E-state index in [4.69, 9.17) is 0 Å². The van der Waals surface area contributed by atoms with Crippen molar-refractivity contribution in [2.45, 2.75) is 38.2 Å². The van der Waals surface area contributed by atoms with Gasteiger partial charge in [-0.3, -0.25) is 0 Å². The summed E-state index contributed by atoms with van der Waals surface area (Å²) in [5, 5.41) is 10.5. The SMILES string of the molecule is CC1CCCC(O)(c2c(F)ccc(Br)c2F)C1. The quantitative estimate of drug-likeness (QED) is 0.774. The maximum Gasteiger partial charge on any atom is 0.146 e. The van der Waals surface area contributed by atoms with Crippen molar-refractivity contribution in [1.82, 2.24) is 0 Å². The van der Waals surface area contributed by atoms with Crippen molar-refractivity contribution in [3.05, 3.63) is 33.8 Å². The fraction of sp³-hybridized carbons (Fsp3) is 0.538. The smallest absolute Gasteiger partial charge is 0.146 e. The predicted molar refractivity (Wildman–Crippen MR) is 65.6 cm³/mol. The third-order valence-electron chi connectivity index (χ3n) is 3.48. The van der Waals surface area contributed by atoms with Crippen molar-refractivity contribution >= 4 is 15.9 Å². The maximum atomic E-state index is 14.0. The van der Waals surface area contributed by atoms with E-state index in [0.717, 1.165) is 12.8 Å². The van der Waals surface area contributed by atoms with Gasteiger partial charge >= 0.3 is 0 Å². The van der Waals surface area contributed by atoms with Crippen LogP contribution in [0.15, 0.2) is 16.6 Å². The molecule has 17 heavy (non-hydrogen) atoms. The first-order chi connectivity index (χ1) is 7.94. The molecule has 1 aromatic rings. The average Bonchev–Trinajstić information content (AvgIpc) is 2.23. The van der Waals surface area contributed by atoms with Gasteiger partial charge in [-0.1, -0.05) is 13.3 Å². The van der Waals surface area contributed by atoms with E-state index < -0.39 is 17.2 Å². The molecule has 1 saturated carbocycles. The van der Waals surface area contributed by atoms with E-state index in [1.165, 1.54) is 12.1 Å². The minimum Gasteiger partial charge on any atom is -0.385 e.